The first-order valence-corrected chi connectivity index (χ1v) is 6.66. The maximum atomic E-state index is 12.3. The number of halogens is 1. The van der Waals surface area contributed by atoms with Gasteiger partial charge in [0.15, 0.2) is 11.0 Å². The molecular formula is C13H18ClNO2. The number of nitrogens with zero attached hydrogens (tertiary/aromatic N) is 1. The van der Waals surface area contributed by atoms with Gasteiger partial charge in [-0.15, -0.1) is 0 Å². The Morgan fingerprint density at radius 3 is 3.00 bits per heavy atom. The van der Waals surface area contributed by atoms with Gasteiger partial charge in [-0.1, -0.05) is 13.3 Å². The van der Waals surface area contributed by atoms with Crippen LogP contribution >= 0.6 is 11.6 Å². The molecule has 0 aliphatic carbocycles. The lowest BCUT2D eigenvalue weighted by atomic mass is 9.98. The molecule has 0 bridgehead atoms. The second kappa shape index (κ2) is 5.58. The smallest absolute Gasteiger partial charge is 0.289 e. The van der Waals surface area contributed by atoms with Crippen LogP contribution in [0.1, 0.15) is 49.6 Å². The minimum atomic E-state index is -0.0185. The minimum Gasteiger partial charge on any atom is -0.440 e. The molecule has 1 fully saturated rings. The van der Waals surface area contributed by atoms with Crippen molar-refractivity contribution in [1.82, 2.24) is 4.90 Å². The third-order valence-electron chi connectivity index (χ3n) is 3.29. The van der Waals surface area contributed by atoms with Crippen LogP contribution < -0.4 is 0 Å². The highest BCUT2D eigenvalue weighted by atomic mass is 35.5. The first-order chi connectivity index (χ1) is 8.22. The predicted octanol–water partition coefficient (Wildman–Crippen LogP) is 3.73. The van der Waals surface area contributed by atoms with Crippen LogP contribution in [0.2, 0.25) is 5.22 Å². The average molecular weight is 256 g/mol. The van der Waals surface area contributed by atoms with Gasteiger partial charge >= 0.3 is 0 Å². The van der Waals surface area contributed by atoms with Crippen LogP contribution in [0.5, 0.6) is 0 Å². The van der Waals surface area contributed by atoms with E-state index in [1.165, 1.54) is 6.42 Å². The van der Waals surface area contributed by atoms with Crippen LogP contribution in [-0.4, -0.2) is 23.4 Å². The van der Waals surface area contributed by atoms with Crippen molar-refractivity contribution in [2.45, 2.75) is 45.1 Å². The molecule has 0 aromatic carbocycles. The lowest BCUT2D eigenvalue weighted by Gasteiger charge is -2.35. The summed E-state index contributed by atoms with van der Waals surface area (Å²) in [4.78, 5) is 14.2. The van der Waals surface area contributed by atoms with Gasteiger partial charge in [0.1, 0.15) is 0 Å². The van der Waals surface area contributed by atoms with Crippen molar-refractivity contribution < 1.29 is 9.21 Å². The molecule has 0 N–H and O–H groups in total. The molecule has 1 aromatic heterocycles. The summed E-state index contributed by atoms with van der Waals surface area (Å²) >= 11 is 5.70. The highest BCUT2D eigenvalue weighted by Crippen LogP contribution is 2.24. The Balaban J connectivity index is 2.10. The number of likely N-dealkylation sites (tertiary alicyclic amines) is 1. The van der Waals surface area contributed by atoms with Crippen LogP contribution in [0.3, 0.4) is 0 Å². The maximum absolute atomic E-state index is 12.3. The van der Waals surface area contributed by atoms with Gasteiger partial charge < -0.3 is 9.32 Å². The molecule has 17 heavy (non-hydrogen) atoms. The molecule has 1 aliphatic rings. The molecule has 2 heterocycles. The van der Waals surface area contributed by atoms with Gasteiger partial charge in [0, 0.05) is 12.6 Å². The first-order valence-electron chi connectivity index (χ1n) is 6.28. The molecule has 1 aliphatic heterocycles. The number of piperidine rings is 1. The van der Waals surface area contributed by atoms with Crippen molar-refractivity contribution in [3.8, 4) is 0 Å². The predicted molar refractivity (Wildman–Crippen MR) is 67.3 cm³/mol. The molecule has 0 radical (unpaired) electrons. The molecule has 1 saturated heterocycles. The van der Waals surface area contributed by atoms with Gasteiger partial charge in [-0.3, -0.25) is 4.79 Å². The molecule has 3 nitrogen and oxygen atoms in total. The molecular weight excluding hydrogens is 238 g/mol. The average Bonchev–Trinajstić information content (AvgIpc) is 2.76. The summed E-state index contributed by atoms with van der Waals surface area (Å²) in [5, 5.41) is 0.275. The Bertz CT molecular complexity index is 387. The van der Waals surface area contributed by atoms with Crippen molar-refractivity contribution in [2.75, 3.05) is 6.54 Å². The van der Waals surface area contributed by atoms with E-state index in [9.17, 15) is 4.79 Å². The summed E-state index contributed by atoms with van der Waals surface area (Å²) in [5.74, 6) is 0.341. The van der Waals surface area contributed by atoms with Gasteiger partial charge in [0.2, 0.25) is 0 Å². The van der Waals surface area contributed by atoms with Crippen LogP contribution in [0.15, 0.2) is 16.5 Å². The molecule has 1 aromatic rings. The number of carbonyl (C=O) groups is 1. The summed E-state index contributed by atoms with van der Waals surface area (Å²) in [6.45, 7) is 2.99. The standard InChI is InChI=1S/C13H18ClNO2/c1-2-5-10-6-3-4-9-15(10)13(16)11-7-8-12(14)17-11/h7-8,10H,2-6,9H2,1H3. The second-order valence-electron chi connectivity index (χ2n) is 4.54. The lowest BCUT2D eigenvalue weighted by Crippen LogP contribution is -2.43. The number of hydrogen-bond donors (Lipinski definition) is 0. The highest BCUT2D eigenvalue weighted by molar-refractivity contribution is 6.29. The van der Waals surface area contributed by atoms with E-state index >= 15 is 0 Å². The van der Waals surface area contributed by atoms with E-state index in [2.05, 4.69) is 6.92 Å². The van der Waals surface area contributed by atoms with E-state index in [4.69, 9.17) is 16.0 Å². The van der Waals surface area contributed by atoms with Crippen LogP contribution in [-0.2, 0) is 0 Å². The van der Waals surface area contributed by atoms with Crippen LogP contribution in [0, 0.1) is 0 Å². The van der Waals surface area contributed by atoms with Gasteiger partial charge in [0.05, 0.1) is 0 Å². The molecule has 0 saturated carbocycles. The number of amides is 1. The zero-order chi connectivity index (χ0) is 12.3. The molecule has 1 amide bonds. The van der Waals surface area contributed by atoms with E-state index in [0.29, 0.717) is 11.8 Å². The molecule has 4 heteroatoms. The lowest BCUT2D eigenvalue weighted by molar-refractivity contribution is 0.0568. The summed E-state index contributed by atoms with van der Waals surface area (Å²) in [6, 6.07) is 3.64. The Morgan fingerprint density at radius 2 is 2.35 bits per heavy atom. The molecule has 2 rings (SSSR count). The normalized spacial score (nSPS) is 20.6. The number of carbonyl (C=O) groups excluding carboxylic acids is 1. The topological polar surface area (TPSA) is 33.5 Å². The van der Waals surface area contributed by atoms with E-state index < -0.39 is 0 Å². The third kappa shape index (κ3) is 2.83. The van der Waals surface area contributed by atoms with Crippen LogP contribution in [0.4, 0.5) is 0 Å². The van der Waals surface area contributed by atoms with E-state index in [1.54, 1.807) is 12.1 Å². The Hall–Kier alpha value is -0.960. The van der Waals surface area contributed by atoms with Crippen LogP contribution in [0.25, 0.3) is 0 Å². The Labute approximate surface area is 107 Å². The Morgan fingerprint density at radius 1 is 1.53 bits per heavy atom. The fraction of sp³-hybridized carbons (Fsp3) is 0.615. The van der Waals surface area contributed by atoms with E-state index in [0.717, 1.165) is 32.2 Å². The first kappa shape index (κ1) is 12.5. The van der Waals surface area contributed by atoms with Crippen molar-refractivity contribution in [3.05, 3.63) is 23.1 Å². The van der Waals surface area contributed by atoms with Gasteiger partial charge in [-0.05, 0) is 49.4 Å². The molecule has 94 valence electrons. The van der Waals surface area contributed by atoms with Crippen molar-refractivity contribution in [2.24, 2.45) is 0 Å². The fourth-order valence-electron chi connectivity index (χ4n) is 2.47. The quantitative estimate of drug-likeness (QED) is 0.825. The number of hydrogen-bond acceptors (Lipinski definition) is 2. The van der Waals surface area contributed by atoms with Crippen molar-refractivity contribution >= 4 is 17.5 Å². The summed E-state index contributed by atoms with van der Waals surface area (Å²) < 4.78 is 5.20. The second-order valence-corrected chi connectivity index (χ2v) is 4.91. The molecule has 1 unspecified atom stereocenters. The van der Waals surface area contributed by atoms with Gasteiger partial charge in [-0.2, -0.15) is 0 Å². The zero-order valence-electron chi connectivity index (χ0n) is 10.1. The maximum Gasteiger partial charge on any atom is 0.289 e. The summed E-state index contributed by atoms with van der Waals surface area (Å²) in [5.41, 5.74) is 0. The number of rotatable bonds is 3. The van der Waals surface area contributed by atoms with Crippen molar-refractivity contribution in [1.29, 1.82) is 0 Å². The molecule has 0 spiro atoms. The van der Waals surface area contributed by atoms with Crippen molar-refractivity contribution in [3.63, 3.8) is 0 Å². The monoisotopic (exact) mass is 255 g/mol. The third-order valence-corrected chi connectivity index (χ3v) is 3.50. The van der Waals surface area contributed by atoms with Gasteiger partial charge in [0.25, 0.3) is 5.91 Å². The largest absolute Gasteiger partial charge is 0.440 e. The fourth-order valence-corrected chi connectivity index (χ4v) is 2.62. The zero-order valence-corrected chi connectivity index (χ0v) is 10.9. The Kier molecular flexibility index (Phi) is 4.11. The summed E-state index contributed by atoms with van der Waals surface area (Å²) in [6.07, 6.45) is 5.58. The number of furan rings is 1. The highest BCUT2D eigenvalue weighted by Gasteiger charge is 2.28. The summed E-state index contributed by atoms with van der Waals surface area (Å²) in [7, 11) is 0. The molecule has 1 atom stereocenters. The van der Waals surface area contributed by atoms with E-state index in [-0.39, 0.29) is 11.1 Å². The van der Waals surface area contributed by atoms with E-state index in [1.807, 2.05) is 4.90 Å². The minimum absolute atomic E-state index is 0.0185. The SMILES string of the molecule is CCCC1CCCCN1C(=O)c1ccc(Cl)o1. The van der Waals surface area contributed by atoms with Gasteiger partial charge in [-0.25, -0.2) is 0 Å².